The molecule has 0 saturated carbocycles. The lowest BCUT2D eigenvalue weighted by molar-refractivity contribution is 0.185. The summed E-state index contributed by atoms with van der Waals surface area (Å²) in [5.41, 5.74) is 10.5. The summed E-state index contributed by atoms with van der Waals surface area (Å²) in [6, 6.07) is 7.60. The van der Waals surface area contributed by atoms with Crippen molar-refractivity contribution in [2.75, 3.05) is 5.73 Å². The maximum absolute atomic E-state index is 9.99. The number of benzene rings is 1. The molecule has 0 saturated heterocycles. The van der Waals surface area contributed by atoms with E-state index in [2.05, 4.69) is 16.9 Å². The largest absolute Gasteiger partial charge is 0.399 e. The van der Waals surface area contributed by atoms with Gasteiger partial charge in [0.15, 0.2) is 0 Å². The van der Waals surface area contributed by atoms with Crippen LogP contribution in [0.3, 0.4) is 0 Å². The molecule has 21 heavy (non-hydrogen) atoms. The Morgan fingerprint density at radius 1 is 1.33 bits per heavy atom. The molecule has 108 valence electrons. The first-order valence-electron chi connectivity index (χ1n) is 6.89. The van der Waals surface area contributed by atoms with E-state index >= 15 is 0 Å². The van der Waals surface area contributed by atoms with Crippen LogP contribution in [0.1, 0.15) is 30.0 Å². The average molecular weight is 282 g/mol. The highest BCUT2D eigenvalue weighted by molar-refractivity contribution is 5.79. The normalized spacial score (nSPS) is 12.7. The number of anilines is 1. The summed E-state index contributed by atoms with van der Waals surface area (Å²) in [6.45, 7) is 4.40. The van der Waals surface area contributed by atoms with Crippen LogP contribution in [-0.2, 0) is 6.54 Å². The minimum absolute atomic E-state index is 0.625. The van der Waals surface area contributed by atoms with E-state index in [0.29, 0.717) is 18.1 Å². The first-order chi connectivity index (χ1) is 10.1. The highest BCUT2D eigenvalue weighted by Gasteiger charge is 2.15. The molecule has 0 aliphatic rings. The van der Waals surface area contributed by atoms with Gasteiger partial charge in [-0.15, -0.1) is 0 Å². The summed E-state index contributed by atoms with van der Waals surface area (Å²) in [6.07, 6.45) is 2.99. The molecule has 1 unspecified atom stereocenters. The third-order valence-electron chi connectivity index (χ3n) is 3.65. The Morgan fingerprint density at radius 3 is 2.86 bits per heavy atom. The molecular formula is C16H18N4O. The number of nitrogen functional groups attached to an aromatic ring is 1. The number of aryl methyl sites for hydroxylation is 1. The van der Waals surface area contributed by atoms with Gasteiger partial charge in [-0.05, 0) is 49.2 Å². The van der Waals surface area contributed by atoms with Crippen molar-refractivity contribution in [3.8, 4) is 0 Å². The maximum Gasteiger partial charge on any atom is 0.138 e. The molecule has 5 heteroatoms. The van der Waals surface area contributed by atoms with Gasteiger partial charge in [0.05, 0.1) is 17.6 Å². The standard InChI is InChI=1S/C16H18N4O/c1-10-5-6-18-8-12(10)9-20-15-4-3-13(17)7-14(15)19-16(20)11(2)21/h3-8,11,21H,9,17H2,1-2H3. The average Bonchev–Trinajstić information content (AvgIpc) is 2.79. The van der Waals surface area contributed by atoms with Crippen LogP contribution in [0, 0.1) is 6.92 Å². The summed E-state index contributed by atoms with van der Waals surface area (Å²) >= 11 is 0. The second-order valence-corrected chi connectivity index (χ2v) is 5.28. The summed E-state index contributed by atoms with van der Waals surface area (Å²) in [5, 5.41) is 9.99. The van der Waals surface area contributed by atoms with Gasteiger partial charge in [0.2, 0.25) is 0 Å². The number of aliphatic hydroxyl groups excluding tert-OH is 1. The monoisotopic (exact) mass is 282 g/mol. The molecule has 0 bridgehead atoms. The molecule has 5 nitrogen and oxygen atoms in total. The highest BCUT2D eigenvalue weighted by Crippen LogP contribution is 2.24. The number of fused-ring (bicyclic) bond motifs is 1. The number of hydrogen-bond donors (Lipinski definition) is 2. The van der Waals surface area contributed by atoms with Gasteiger partial charge in [-0.2, -0.15) is 0 Å². The summed E-state index contributed by atoms with van der Waals surface area (Å²) in [5.74, 6) is 0.638. The number of nitrogens with zero attached hydrogens (tertiary/aromatic N) is 3. The number of rotatable bonds is 3. The molecule has 1 aromatic carbocycles. The van der Waals surface area contributed by atoms with E-state index in [0.717, 1.165) is 16.6 Å². The van der Waals surface area contributed by atoms with Gasteiger partial charge in [0.25, 0.3) is 0 Å². The number of aliphatic hydroxyl groups is 1. The fourth-order valence-corrected chi connectivity index (χ4v) is 2.48. The summed E-state index contributed by atoms with van der Waals surface area (Å²) in [7, 11) is 0. The zero-order valence-electron chi connectivity index (χ0n) is 12.1. The second kappa shape index (κ2) is 5.18. The van der Waals surface area contributed by atoms with E-state index < -0.39 is 6.10 Å². The predicted octanol–water partition coefficient (Wildman–Crippen LogP) is 2.42. The van der Waals surface area contributed by atoms with Gasteiger partial charge in [0, 0.05) is 18.1 Å². The topological polar surface area (TPSA) is 77.0 Å². The van der Waals surface area contributed by atoms with Gasteiger partial charge < -0.3 is 15.4 Å². The first-order valence-corrected chi connectivity index (χ1v) is 6.89. The smallest absolute Gasteiger partial charge is 0.138 e. The first kappa shape index (κ1) is 13.6. The van der Waals surface area contributed by atoms with Crippen LogP contribution in [-0.4, -0.2) is 19.6 Å². The Bertz CT molecular complexity index is 792. The Balaban J connectivity index is 2.16. The van der Waals surface area contributed by atoms with E-state index in [1.807, 2.05) is 35.0 Å². The molecule has 3 aromatic rings. The Hall–Kier alpha value is -2.40. The quantitative estimate of drug-likeness (QED) is 0.723. The van der Waals surface area contributed by atoms with Crippen LogP contribution in [0.2, 0.25) is 0 Å². The lowest BCUT2D eigenvalue weighted by Gasteiger charge is -2.12. The molecule has 0 fully saturated rings. The van der Waals surface area contributed by atoms with Crippen molar-refractivity contribution < 1.29 is 5.11 Å². The minimum atomic E-state index is -0.643. The molecule has 0 aliphatic heterocycles. The Morgan fingerprint density at radius 2 is 2.14 bits per heavy atom. The Labute approximate surface area is 123 Å². The van der Waals surface area contributed by atoms with Crippen LogP contribution in [0.25, 0.3) is 11.0 Å². The van der Waals surface area contributed by atoms with Crippen LogP contribution >= 0.6 is 0 Å². The van der Waals surface area contributed by atoms with Crippen LogP contribution < -0.4 is 5.73 Å². The number of pyridine rings is 1. The number of hydrogen-bond acceptors (Lipinski definition) is 4. The van der Waals surface area contributed by atoms with Gasteiger partial charge >= 0.3 is 0 Å². The summed E-state index contributed by atoms with van der Waals surface area (Å²) < 4.78 is 2.02. The van der Waals surface area contributed by atoms with E-state index in [9.17, 15) is 5.11 Å². The molecule has 0 spiro atoms. The third kappa shape index (κ3) is 2.48. The van der Waals surface area contributed by atoms with Gasteiger partial charge in [-0.1, -0.05) is 0 Å². The SMILES string of the molecule is Cc1ccncc1Cn1c(C(C)O)nc2cc(N)ccc21. The van der Waals surface area contributed by atoms with Crippen molar-refractivity contribution in [3.63, 3.8) is 0 Å². The van der Waals surface area contributed by atoms with Crippen LogP contribution in [0.5, 0.6) is 0 Å². The highest BCUT2D eigenvalue weighted by atomic mass is 16.3. The molecule has 2 aromatic heterocycles. The van der Waals surface area contributed by atoms with E-state index in [-0.39, 0.29) is 0 Å². The van der Waals surface area contributed by atoms with E-state index in [1.54, 1.807) is 13.1 Å². The van der Waals surface area contributed by atoms with Crippen LogP contribution in [0.15, 0.2) is 36.7 Å². The zero-order valence-corrected chi connectivity index (χ0v) is 12.1. The molecule has 3 N–H and O–H groups in total. The molecule has 0 radical (unpaired) electrons. The summed E-state index contributed by atoms with van der Waals surface area (Å²) in [4.78, 5) is 8.69. The molecular weight excluding hydrogens is 264 g/mol. The second-order valence-electron chi connectivity index (χ2n) is 5.28. The van der Waals surface area contributed by atoms with Crippen molar-refractivity contribution in [2.45, 2.75) is 26.5 Å². The van der Waals surface area contributed by atoms with Crippen molar-refractivity contribution in [1.29, 1.82) is 0 Å². The van der Waals surface area contributed by atoms with Gasteiger partial charge in [-0.3, -0.25) is 4.98 Å². The molecule has 0 amide bonds. The van der Waals surface area contributed by atoms with Crippen molar-refractivity contribution in [1.82, 2.24) is 14.5 Å². The number of nitrogens with two attached hydrogens (primary N) is 1. The van der Waals surface area contributed by atoms with Crippen molar-refractivity contribution in [2.24, 2.45) is 0 Å². The fourth-order valence-electron chi connectivity index (χ4n) is 2.48. The lowest BCUT2D eigenvalue weighted by Crippen LogP contribution is -2.09. The van der Waals surface area contributed by atoms with Crippen LogP contribution in [0.4, 0.5) is 5.69 Å². The van der Waals surface area contributed by atoms with E-state index in [4.69, 9.17) is 5.73 Å². The van der Waals surface area contributed by atoms with Gasteiger partial charge in [0.1, 0.15) is 11.9 Å². The number of aromatic nitrogens is 3. The zero-order chi connectivity index (χ0) is 15.0. The fraction of sp³-hybridized carbons (Fsp3) is 0.250. The lowest BCUT2D eigenvalue weighted by atomic mass is 10.1. The Kier molecular flexibility index (Phi) is 3.35. The molecule has 2 heterocycles. The molecule has 3 rings (SSSR count). The minimum Gasteiger partial charge on any atom is -0.399 e. The maximum atomic E-state index is 9.99. The predicted molar refractivity (Wildman–Crippen MR) is 82.9 cm³/mol. The van der Waals surface area contributed by atoms with Gasteiger partial charge in [-0.25, -0.2) is 4.98 Å². The van der Waals surface area contributed by atoms with Crippen molar-refractivity contribution >= 4 is 16.7 Å². The van der Waals surface area contributed by atoms with Crippen molar-refractivity contribution in [3.05, 3.63) is 53.6 Å². The van der Waals surface area contributed by atoms with E-state index in [1.165, 1.54) is 5.56 Å². The molecule has 0 aliphatic carbocycles. The molecule has 1 atom stereocenters. The third-order valence-corrected chi connectivity index (χ3v) is 3.65. The number of imidazole rings is 1.